The monoisotopic (exact) mass is 288 g/mol. The van der Waals surface area contributed by atoms with Crippen LogP contribution >= 0.6 is 11.5 Å². The number of nitrogens with zero attached hydrogens (tertiary/aromatic N) is 2. The molecule has 0 aromatic carbocycles. The fourth-order valence-corrected chi connectivity index (χ4v) is 2.21. The third-order valence-corrected chi connectivity index (χ3v) is 3.41. The van der Waals surface area contributed by atoms with Gasteiger partial charge in [0.2, 0.25) is 0 Å². The Morgan fingerprint density at radius 2 is 2.11 bits per heavy atom. The second-order valence-corrected chi connectivity index (χ2v) is 4.50. The van der Waals surface area contributed by atoms with E-state index in [0.29, 0.717) is 23.9 Å². The summed E-state index contributed by atoms with van der Waals surface area (Å²) in [6.45, 7) is 2.17. The molecule has 106 valence electrons. The predicted octanol–water partition coefficient (Wildman–Crippen LogP) is 0.776. The second kappa shape index (κ2) is 7.17. The molecule has 1 rings (SSSR count). The Kier molecular flexibility index (Phi) is 5.87. The molecule has 0 fully saturated rings. The SMILES string of the molecule is COCCOCC(=O)N(C)c1snc(C)c1C(=O)O. The maximum absolute atomic E-state index is 11.8. The Balaban J connectivity index is 2.69. The van der Waals surface area contributed by atoms with Gasteiger partial charge in [-0.3, -0.25) is 4.79 Å². The first-order valence-corrected chi connectivity index (χ1v) is 6.29. The fraction of sp³-hybridized carbons (Fsp3) is 0.545. The van der Waals surface area contributed by atoms with Gasteiger partial charge in [0.25, 0.3) is 5.91 Å². The van der Waals surface area contributed by atoms with E-state index in [1.54, 1.807) is 6.92 Å². The van der Waals surface area contributed by atoms with Crippen LogP contribution in [0, 0.1) is 6.92 Å². The third-order valence-electron chi connectivity index (χ3n) is 2.39. The number of carbonyl (C=O) groups is 2. The number of ether oxygens (including phenoxy) is 2. The van der Waals surface area contributed by atoms with Crippen molar-refractivity contribution in [1.82, 2.24) is 4.37 Å². The van der Waals surface area contributed by atoms with Crippen LogP contribution in [-0.4, -0.2) is 55.3 Å². The van der Waals surface area contributed by atoms with Crippen LogP contribution in [0.2, 0.25) is 0 Å². The number of anilines is 1. The summed E-state index contributed by atoms with van der Waals surface area (Å²) in [4.78, 5) is 24.2. The molecule has 0 aliphatic carbocycles. The number of rotatable bonds is 7. The molecular weight excluding hydrogens is 272 g/mol. The standard InChI is InChI=1S/C11H16N2O5S/c1-7-9(11(15)16)10(19-12-7)13(2)8(14)6-18-5-4-17-3/h4-6H2,1-3H3,(H,15,16). The lowest BCUT2D eigenvalue weighted by atomic mass is 10.2. The van der Waals surface area contributed by atoms with Crippen molar-refractivity contribution in [2.45, 2.75) is 6.92 Å². The second-order valence-electron chi connectivity index (χ2n) is 3.75. The summed E-state index contributed by atoms with van der Waals surface area (Å²) in [5, 5.41) is 9.40. The Morgan fingerprint density at radius 3 is 2.68 bits per heavy atom. The Bertz CT molecular complexity index is 460. The molecule has 7 nitrogen and oxygen atoms in total. The van der Waals surface area contributed by atoms with Crippen LogP contribution in [0.1, 0.15) is 16.1 Å². The zero-order valence-corrected chi connectivity index (χ0v) is 11.8. The van der Waals surface area contributed by atoms with Gasteiger partial charge in [-0.25, -0.2) is 4.79 Å². The van der Waals surface area contributed by atoms with Crippen LogP contribution in [0.5, 0.6) is 0 Å². The van der Waals surface area contributed by atoms with Crippen LogP contribution in [0.4, 0.5) is 5.00 Å². The van der Waals surface area contributed by atoms with Gasteiger partial charge in [-0.05, 0) is 18.5 Å². The summed E-state index contributed by atoms with van der Waals surface area (Å²) < 4.78 is 13.9. The summed E-state index contributed by atoms with van der Waals surface area (Å²) in [5.74, 6) is -1.43. The molecule has 1 aromatic rings. The first-order chi connectivity index (χ1) is 8.99. The Hall–Kier alpha value is -1.51. The average molecular weight is 288 g/mol. The van der Waals surface area contributed by atoms with Gasteiger partial charge in [-0.2, -0.15) is 4.37 Å². The van der Waals surface area contributed by atoms with Crippen molar-refractivity contribution in [1.29, 1.82) is 0 Å². The minimum Gasteiger partial charge on any atom is -0.478 e. The predicted molar refractivity (Wildman–Crippen MR) is 69.9 cm³/mol. The number of aromatic nitrogens is 1. The summed E-state index contributed by atoms with van der Waals surface area (Å²) in [6.07, 6.45) is 0. The molecule has 8 heteroatoms. The molecule has 0 bridgehead atoms. The molecule has 0 aliphatic rings. The minimum atomic E-state index is -1.10. The lowest BCUT2D eigenvalue weighted by Gasteiger charge is -2.15. The largest absolute Gasteiger partial charge is 0.478 e. The van der Waals surface area contributed by atoms with E-state index in [4.69, 9.17) is 14.6 Å². The smallest absolute Gasteiger partial charge is 0.340 e. The highest BCUT2D eigenvalue weighted by Gasteiger charge is 2.23. The minimum absolute atomic E-state index is 0.0535. The van der Waals surface area contributed by atoms with Crippen molar-refractivity contribution in [3.8, 4) is 0 Å². The summed E-state index contributed by atoms with van der Waals surface area (Å²) >= 11 is 0.979. The van der Waals surface area contributed by atoms with Gasteiger partial charge in [-0.15, -0.1) is 0 Å². The topological polar surface area (TPSA) is 89.0 Å². The summed E-state index contributed by atoms with van der Waals surface area (Å²) in [7, 11) is 3.04. The van der Waals surface area contributed by atoms with Crippen molar-refractivity contribution in [3.05, 3.63) is 11.3 Å². The number of methoxy groups -OCH3 is 1. The first kappa shape index (κ1) is 15.5. The Labute approximate surface area is 114 Å². The normalized spacial score (nSPS) is 10.5. The van der Waals surface area contributed by atoms with Crippen LogP contribution in [0.25, 0.3) is 0 Å². The number of likely N-dealkylation sites (N-methyl/N-ethyl adjacent to an activating group) is 1. The zero-order chi connectivity index (χ0) is 14.4. The quantitative estimate of drug-likeness (QED) is 0.746. The van der Waals surface area contributed by atoms with Gasteiger partial charge in [-0.1, -0.05) is 0 Å². The maximum atomic E-state index is 11.8. The van der Waals surface area contributed by atoms with Crippen LogP contribution in [-0.2, 0) is 14.3 Å². The molecule has 0 atom stereocenters. The molecule has 0 spiro atoms. The van der Waals surface area contributed by atoms with Gasteiger partial charge in [0.05, 0.1) is 18.9 Å². The number of hydrogen-bond donors (Lipinski definition) is 1. The molecule has 0 saturated carbocycles. The fourth-order valence-electron chi connectivity index (χ4n) is 1.34. The van der Waals surface area contributed by atoms with Gasteiger partial charge in [0.15, 0.2) is 0 Å². The van der Waals surface area contributed by atoms with Crippen molar-refractivity contribution >= 4 is 28.4 Å². The molecule has 1 N–H and O–H groups in total. The van der Waals surface area contributed by atoms with E-state index in [-0.39, 0.29) is 18.1 Å². The highest BCUT2D eigenvalue weighted by Crippen LogP contribution is 2.27. The molecule has 1 heterocycles. The molecule has 0 aliphatic heterocycles. The number of hydrogen-bond acceptors (Lipinski definition) is 6. The number of aryl methyl sites for hydroxylation is 1. The molecular formula is C11H16N2O5S. The van der Waals surface area contributed by atoms with E-state index >= 15 is 0 Å². The molecule has 1 aromatic heterocycles. The first-order valence-electron chi connectivity index (χ1n) is 5.51. The average Bonchev–Trinajstić information content (AvgIpc) is 2.75. The molecule has 19 heavy (non-hydrogen) atoms. The van der Waals surface area contributed by atoms with Gasteiger partial charge in [0.1, 0.15) is 17.2 Å². The highest BCUT2D eigenvalue weighted by molar-refractivity contribution is 7.11. The van der Waals surface area contributed by atoms with E-state index < -0.39 is 5.97 Å². The molecule has 0 unspecified atom stereocenters. The molecule has 1 amide bonds. The Morgan fingerprint density at radius 1 is 1.42 bits per heavy atom. The van der Waals surface area contributed by atoms with Crippen molar-refractivity contribution < 1.29 is 24.2 Å². The van der Waals surface area contributed by atoms with E-state index in [2.05, 4.69) is 4.37 Å². The summed E-state index contributed by atoms with van der Waals surface area (Å²) in [6, 6.07) is 0. The van der Waals surface area contributed by atoms with Crippen LogP contribution in [0.15, 0.2) is 0 Å². The van der Waals surface area contributed by atoms with Gasteiger partial charge < -0.3 is 19.5 Å². The van der Waals surface area contributed by atoms with Crippen molar-refractivity contribution in [2.75, 3.05) is 38.9 Å². The lowest BCUT2D eigenvalue weighted by molar-refractivity contribution is -0.123. The number of aromatic carboxylic acids is 1. The van der Waals surface area contributed by atoms with Crippen molar-refractivity contribution in [3.63, 3.8) is 0 Å². The van der Waals surface area contributed by atoms with Crippen LogP contribution < -0.4 is 4.90 Å². The van der Waals surface area contributed by atoms with Gasteiger partial charge >= 0.3 is 5.97 Å². The number of carbonyl (C=O) groups excluding carboxylic acids is 1. The van der Waals surface area contributed by atoms with E-state index in [1.807, 2.05) is 0 Å². The maximum Gasteiger partial charge on any atom is 0.340 e. The molecule has 0 radical (unpaired) electrons. The van der Waals surface area contributed by atoms with E-state index in [0.717, 1.165) is 11.5 Å². The third kappa shape index (κ3) is 3.98. The van der Waals surface area contributed by atoms with E-state index in [1.165, 1.54) is 19.1 Å². The number of carboxylic acids is 1. The van der Waals surface area contributed by atoms with Gasteiger partial charge in [0, 0.05) is 14.2 Å². The summed E-state index contributed by atoms with van der Waals surface area (Å²) in [5.41, 5.74) is 0.449. The number of amides is 1. The van der Waals surface area contributed by atoms with E-state index in [9.17, 15) is 9.59 Å². The molecule has 0 saturated heterocycles. The number of carboxylic acid groups (broad SMARTS) is 1. The zero-order valence-electron chi connectivity index (χ0n) is 11.0. The van der Waals surface area contributed by atoms with Crippen molar-refractivity contribution in [2.24, 2.45) is 0 Å². The lowest BCUT2D eigenvalue weighted by Crippen LogP contribution is -2.31. The van der Waals surface area contributed by atoms with Crippen LogP contribution in [0.3, 0.4) is 0 Å². The highest BCUT2D eigenvalue weighted by atomic mass is 32.1.